The molecule has 0 spiro atoms. The van der Waals surface area contributed by atoms with Gasteiger partial charge in [-0.05, 0) is 12.0 Å². The van der Waals surface area contributed by atoms with Gasteiger partial charge in [0.05, 0.1) is 11.2 Å². The van der Waals surface area contributed by atoms with Crippen LogP contribution < -0.4 is 0 Å². The van der Waals surface area contributed by atoms with Gasteiger partial charge in [-0.2, -0.15) is 0 Å². The van der Waals surface area contributed by atoms with Crippen LogP contribution in [0, 0.1) is 0 Å². The van der Waals surface area contributed by atoms with E-state index in [0.29, 0.717) is 5.92 Å². The van der Waals surface area contributed by atoms with Crippen molar-refractivity contribution < 1.29 is 0 Å². The van der Waals surface area contributed by atoms with E-state index in [-0.39, 0.29) is 0 Å². The minimum atomic E-state index is 0.461. The van der Waals surface area contributed by atoms with Crippen LogP contribution in [0.25, 0.3) is 0 Å². The predicted octanol–water partition coefficient (Wildman–Crippen LogP) is 3.69. The Bertz CT molecular complexity index is 366. The Kier molecular flexibility index (Phi) is 2.94. The maximum Gasteiger partial charge on any atom is 0.0794 e. The van der Waals surface area contributed by atoms with Crippen molar-refractivity contribution in [3.05, 3.63) is 52.5 Å². The molecule has 2 rings (SSSR count). The van der Waals surface area contributed by atoms with Crippen molar-refractivity contribution in [3.63, 3.8) is 0 Å². The summed E-state index contributed by atoms with van der Waals surface area (Å²) in [6, 6.07) is 10.6. The lowest BCUT2D eigenvalue weighted by atomic mass is 9.94. The van der Waals surface area contributed by atoms with Crippen LogP contribution in [-0.4, -0.2) is 4.98 Å². The summed E-state index contributed by atoms with van der Waals surface area (Å²) < 4.78 is 0. The van der Waals surface area contributed by atoms with Gasteiger partial charge in [-0.15, -0.1) is 11.3 Å². The molecule has 1 nitrogen and oxygen atoms in total. The Morgan fingerprint density at radius 1 is 1.29 bits per heavy atom. The van der Waals surface area contributed by atoms with Crippen LogP contribution in [-0.2, 0) is 0 Å². The lowest BCUT2D eigenvalue weighted by molar-refractivity contribution is 0.756. The Morgan fingerprint density at radius 3 is 2.64 bits per heavy atom. The van der Waals surface area contributed by atoms with Gasteiger partial charge >= 0.3 is 0 Å². The highest BCUT2D eigenvalue weighted by Crippen LogP contribution is 2.26. The molecule has 0 aliphatic carbocycles. The summed E-state index contributed by atoms with van der Waals surface area (Å²) in [6.45, 7) is 2.21. The van der Waals surface area contributed by atoms with Gasteiger partial charge in [0.2, 0.25) is 0 Å². The van der Waals surface area contributed by atoms with Gasteiger partial charge in [0.25, 0.3) is 0 Å². The molecule has 0 N–H and O–H groups in total. The molecule has 1 unspecified atom stereocenters. The van der Waals surface area contributed by atoms with Crippen molar-refractivity contribution in [2.24, 2.45) is 0 Å². The first kappa shape index (κ1) is 9.41. The van der Waals surface area contributed by atoms with Crippen LogP contribution in [0.3, 0.4) is 0 Å². The molecule has 0 saturated carbocycles. The molecule has 72 valence electrons. The first-order valence-electron chi connectivity index (χ1n) is 4.85. The van der Waals surface area contributed by atoms with Crippen molar-refractivity contribution >= 4 is 11.3 Å². The van der Waals surface area contributed by atoms with E-state index in [1.165, 1.54) is 11.3 Å². The lowest BCUT2D eigenvalue weighted by Crippen LogP contribution is -1.99. The van der Waals surface area contributed by atoms with Crippen molar-refractivity contribution in [3.8, 4) is 0 Å². The average Bonchev–Trinajstić information content (AvgIpc) is 2.74. The third-order valence-electron chi connectivity index (χ3n) is 2.42. The summed E-state index contributed by atoms with van der Waals surface area (Å²) in [5.41, 5.74) is 4.46. The van der Waals surface area contributed by atoms with Crippen LogP contribution >= 0.6 is 11.3 Å². The number of thiazole rings is 1. The quantitative estimate of drug-likeness (QED) is 0.741. The van der Waals surface area contributed by atoms with Gasteiger partial charge < -0.3 is 0 Å². The Labute approximate surface area is 88.4 Å². The molecule has 0 radical (unpaired) electrons. The van der Waals surface area contributed by atoms with E-state index < -0.39 is 0 Å². The summed E-state index contributed by atoms with van der Waals surface area (Å²) in [5.74, 6) is 0.461. The zero-order valence-corrected chi connectivity index (χ0v) is 9.00. The molecule has 1 atom stereocenters. The highest BCUT2D eigenvalue weighted by atomic mass is 32.1. The number of rotatable bonds is 3. The fourth-order valence-corrected chi connectivity index (χ4v) is 2.30. The van der Waals surface area contributed by atoms with Crippen LogP contribution in [0.5, 0.6) is 0 Å². The number of hydrogen-bond donors (Lipinski definition) is 0. The molecule has 1 aromatic carbocycles. The Morgan fingerprint density at radius 2 is 2.07 bits per heavy atom. The first-order valence-corrected chi connectivity index (χ1v) is 5.79. The molecule has 0 saturated heterocycles. The zero-order valence-electron chi connectivity index (χ0n) is 8.18. The maximum absolute atomic E-state index is 4.38. The van der Waals surface area contributed by atoms with E-state index in [2.05, 4.69) is 47.6 Å². The van der Waals surface area contributed by atoms with Gasteiger partial charge in [0.15, 0.2) is 0 Å². The van der Waals surface area contributed by atoms with Crippen molar-refractivity contribution in [1.82, 2.24) is 4.98 Å². The monoisotopic (exact) mass is 203 g/mol. The van der Waals surface area contributed by atoms with E-state index >= 15 is 0 Å². The number of nitrogens with zero attached hydrogens (tertiary/aromatic N) is 1. The smallest absolute Gasteiger partial charge is 0.0794 e. The van der Waals surface area contributed by atoms with Crippen LogP contribution in [0.1, 0.15) is 30.5 Å². The summed E-state index contributed by atoms with van der Waals surface area (Å²) >= 11 is 1.67. The van der Waals surface area contributed by atoms with Gasteiger partial charge in [-0.3, -0.25) is 0 Å². The van der Waals surface area contributed by atoms with E-state index in [0.717, 1.165) is 6.42 Å². The predicted molar refractivity (Wildman–Crippen MR) is 60.7 cm³/mol. The lowest BCUT2D eigenvalue weighted by Gasteiger charge is -2.12. The van der Waals surface area contributed by atoms with Crippen LogP contribution in [0.4, 0.5) is 0 Å². The summed E-state index contributed by atoms with van der Waals surface area (Å²) in [5, 5.41) is 2.14. The highest BCUT2D eigenvalue weighted by Gasteiger charge is 2.12. The van der Waals surface area contributed by atoms with Gasteiger partial charge in [0, 0.05) is 11.3 Å². The topological polar surface area (TPSA) is 12.9 Å². The van der Waals surface area contributed by atoms with E-state index in [4.69, 9.17) is 0 Å². The molecule has 14 heavy (non-hydrogen) atoms. The van der Waals surface area contributed by atoms with Crippen molar-refractivity contribution in [2.45, 2.75) is 19.3 Å². The van der Waals surface area contributed by atoms with E-state index in [1.54, 1.807) is 11.3 Å². The molecule has 0 fully saturated rings. The standard InChI is InChI=1S/C12H13NS/c1-2-11(12-8-14-9-13-12)10-6-4-3-5-7-10/h3-9,11H,2H2,1H3. The zero-order chi connectivity index (χ0) is 9.80. The third kappa shape index (κ3) is 1.85. The summed E-state index contributed by atoms with van der Waals surface area (Å²) in [7, 11) is 0. The molecule has 1 aromatic heterocycles. The minimum Gasteiger partial charge on any atom is -0.249 e. The first-order chi connectivity index (χ1) is 6.92. The SMILES string of the molecule is CCC(c1ccccc1)c1cscn1. The Balaban J connectivity index is 2.31. The minimum absolute atomic E-state index is 0.461. The van der Waals surface area contributed by atoms with E-state index in [9.17, 15) is 0 Å². The third-order valence-corrected chi connectivity index (χ3v) is 3.02. The average molecular weight is 203 g/mol. The molecule has 0 aliphatic rings. The number of hydrogen-bond acceptors (Lipinski definition) is 2. The molecule has 0 bridgehead atoms. The van der Waals surface area contributed by atoms with Crippen molar-refractivity contribution in [1.29, 1.82) is 0 Å². The highest BCUT2D eigenvalue weighted by molar-refractivity contribution is 7.07. The second-order valence-corrected chi connectivity index (χ2v) is 4.00. The normalized spacial score (nSPS) is 12.6. The Hall–Kier alpha value is -1.15. The number of aromatic nitrogens is 1. The van der Waals surface area contributed by atoms with Crippen LogP contribution in [0.15, 0.2) is 41.2 Å². The molecule has 1 heterocycles. The van der Waals surface area contributed by atoms with Crippen molar-refractivity contribution in [2.75, 3.05) is 0 Å². The summed E-state index contributed by atoms with van der Waals surface area (Å²) in [6.07, 6.45) is 1.10. The second kappa shape index (κ2) is 4.38. The van der Waals surface area contributed by atoms with Gasteiger partial charge in [0.1, 0.15) is 0 Å². The van der Waals surface area contributed by atoms with E-state index in [1.807, 2.05) is 5.51 Å². The number of benzene rings is 1. The van der Waals surface area contributed by atoms with Gasteiger partial charge in [-0.1, -0.05) is 37.3 Å². The molecule has 0 aliphatic heterocycles. The summed E-state index contributed by atoms with van der Waals surface area (Å²) in [4.78, 5) is 4.38. The molecule has 2 heteroatoms. The maximum atomic E-state index is 4.38. The van der Waals surface area contributed by atoms with Gasteiger partial charge in [-0.25, -0.2) is 4.98 Å². The largest absolute Gasteiger partial charge is 0.249 e. The molecule has 0 amide bonds. The molecular formula is C12H13NS. The second-order valence-electron chi connectivity index (χ2n) is 3.28. The molecule has 2 aromatic rings. The molecular weight excluding hydrogens is 190 g/mol. The fourth-order valence-electron chi connectivity index (χ4n) is 1.69. The van der Waals surface area contributed by atoms with Crippen LogP contribution in [0.2, 0.25) is 0 Å². The fraction of sp³-hybridized carbons (Fsp3) is 0.250.